The molecule has 0 saturated carbocycles. The van der Waals surface area contributed by atoms with Crippen molar-refractivity contribution in [3.63, 3.8) is 0 Å². The number of anilines is 2. The Morgan fingerprint density at radius 1 is 1.35 bits per heavy atom. The van der Waals surface area contributed by atoms with Gasteiger partial charge in [-0.3, -0.25) is 4.79 Å². The molecule has 0 aliphatic carbocycles. The Morgan fingerprint density at radius 2 is 2.00 bits per heavy atom. The molecule has 1 saturated heterocycles. The smallest absolute Gasteiger partial charge is 0.219 e. The first kappa shape index (κ1) is 11.7. The molecule has 2 N–H and O–H groups in total. The van der Waals surface area contributed by atoms with E-state index in [4.69, 9.17) is 5.73 Å². The van der Waals surface area contributed by atoms with Crippen LogP contribution >= 0.6 is 0 Å². The van der Waals surface area contributed by atoms with Crippen LogP contribution in [0.5, 0.6) is 0 Å². The van der Waals surface area contributed by atoms with Crippen LogP contribution in [0.25, 0.3) is 0 Å². The standard InChI is InChI=1S/C12H18N4O/c1-9-7-11(13)8-14-12(9)16-5-3-15(4-6-16)10(2)17/h7-8H,3-6,13H2,1-2H3. The third kappa shape index (κ3) is 2.49. The average Bonchev–Trinajstić information content (AvgIpc) is 2.29. The summed E-state index contributed by atoms with van der Waals surface area (Å²) in [6.45, 7) is 6.81. The summed E-state index contributed by atoms with van der Waals surface area (Å²) in [6, 6.07) is 1.93. The number of aromatic nitrogens is 1. The van der Waals surface area contributed by atoms with Crippen LogP contribution in [0, 0.1) is 6.92 Å². The molecule has 2 rings (SSSR count). The van der Waals surface area contributed by atoms with E-state index < -0.39 is 0 Å². The van der Waals surface area contributed by atoms with Gasteiger partial charge in [-0.15, -0.1) is 0 Å². The van der Waals surface area contributed by atoms with Crippen LogP contribution < -0.4 is 10.6 Å². The summed E-state index contributed by atoms with van der Waals surface area (Å²) >= 11 is 0. The molecule has 0 aromatic carbocycles. The summed E-state index contributed by atoms with van der Waals surface area (Å²) in [5.41, 5.74) is 7.46. The van der Waals surface area contributed by atoms with Gasteiger partial charge < -0.3 is 15.5 Å². The van der Waals surface area contributed by atoms with E-state index in [0.717, 1.165) is 37.6 Å². The van der Waals surface area contributed by atoms with Crippen molar-refractivity contribution in [1.82, 2.24) is 9.88 Å². The zero-order chi connectivity index (χ0) is 12.4. The lowest BCUT2D eigenvalue weighted by Crippen LogP contribution is -2.48. The summed E-state index contributed by atoms with van der Waals surface area (Å²) in [5, 5.41) is 0. The maximum absolute atomic E-state index is 11.2. The molecule has 1 fully saturated rings. The Bertz CT molecular complexity index is 425. The molecular formula is C12H18N4O. The molecule has 0 spiro atoms. The third-order valence-electron chi connectivity index (χ3n) is 3.10. The van der Waals surface area contributed by atoms with Gasteiger partial charge in [0.1, 0.15) is 5.82 Å². The van der Waals surface area contributed by atoms with Crippen LogP contribution in [-0.2, 0) is 4.79 Å². The van der Waals surface area contributed by atoms with Crippen LogP contribution in [0.4, 0.5) is 11.5 Å². The molecule has 1 aliphatic heterocycles. The van der Waals surface area contributed by atoms with Crippen LogP contribution in [0.2, 0.25) is 0 Å². The number of nitrogen functional groups attached to an aromatic ring is 1. The molecule has 0 bridgehead atoms. The Labute approximate surface area is 101 Å². The number of hydrogen-bond donors (Lipinski definition) is 1. The normalized spacial score (nSPS) is 16.1. The van der Waals surface area contributed by atoms with Crippen LogP contribution in [0.15, 0.2) is 12.3 Å². The van der Waals surface area contributed by atoms with Gasteiger partial charge in [0.05, 0.1) is 11.9 Å². The molecule has 1 aromatic heterocycles. The van der Waals surface area contributed by atoms with Crippen molar-refractivity contribution in [3.8, 4) is 0 Å². The predicted octanol–water partition coefficient (Wildman–Crippen LogP) is 0.641. The number of hydrogen-bond acceptors (Lipinski definition) is 4. The fourth-order valence-electron chi connectivity index (χ4n) is 2.15. The molecule has 5 nitrogen and oxygen atoms in total. The summed E-state index contributed by atoms with van der Waals surface area (Å²) < 4.78 is 0. The summed E-state index contributed by atoms with van der Waals surface area (Å²) in [7, 11) is 0. The number of piperazine rings is 1. The second kappa shape index (κ2) is 4.61. The van der Waals surface area contributed by atoms with Gasteiger partial charge in [-0.2, -0.15) is 0 Å². The first-order valence-corrected chi connectivity index (χ1v) is 5.80. The van der Waals surface area contributed by atoms with E-state index in [9.17, 15) is 4.79 Å². The molecule has 2 heterocycles. The topological polar surface area (TPSA) is 62.5 Å². The fraction of sp³-hybridized carbons (Fsp3) is 0.500. The van der Waals surface area contributed by atoms with E-state index in [0.29, 0.717) is 5.69 Å². The van der Waals surface area contributed by atoms with E-state index >= 15 is 0 Å². The van der Waals surface area contributed by atoms with Crippen molar-refractivity contribution in [2.75, 3.05) is 36.8 Å². The maximum atomic E-state index is 11.2. The highest BCUT2D eigenvalue weighted by atomic mass is 16.2. The van der Waals surface area contributed by atoms with Crippen LogP contribution in [0.3, 0.4) is 0 Å². The lowest BCUT2D eigenvalue weighted by molar-refractivity contribution is -0.129. The van der Waals surface area contributed by atoms with Crippen molar-refractivity contribution in [2.45, 2.75) is 13.8 Å². The summed E-state index contributed by atoms with van der Waals surface area (Å²) in [5.74, 6) is 1.12. The number of nitrogens with two attached hydrogens (primary N) is 1. The van der Waals surface area contributed by atoms with Crippen molar-refractivity contribution < 1.29 is 4.79 Å². The quantitative estimate of drug-likeness (QED) is 0.774. The molecule has 1 aliphatic rings. The molecular weight excluding hydrogens is 216 g/mol. The first-order valence-electron chi connectivity index (χ1n) is 5.80. The van der Waals surface area contributed by atoms with Gasteiger partial charge in [-0.05, 0) is 18.6 Å². The van der Waals surface area contributed by atoms with Gasteiger partial charge in [0.15, 0.2) is 0 Å². The molecule has 1 amide bonds. The molecule has 0 radical (unpaired) electrons. The van der Waals surface area contributed by atoms with E-state index in [-0.39, 0.29) is 5.91 Å². The van der Waals surface area contributed by atoms with Crippen LogP contribution in [0.1, 0.15) is 12.5 Å². The number of carbonyl (C=O) groups is 1. The van der Waals surface area contributed by atoms with Gasteiger partial charge in [0.25, 0.3) is 0 Å². The Balaban J connectivity index is 2.08. The fourth-order valence-corrected chi connectivity index (χ4v) is 2.15. The number of carbonyl (C=O) groups excluding carboxylic acids is 1. The summed E-state index contributed by atoms with van der Waals surface area (Å²) in [6.07, 6.45) is 1.68. The Morgan fingerprint density at radius 3 is 2.53 bits per heavy atom. The van der Waals surface area contributed by atoms with Gasteiger partial charge >= 0.3 is 0 Å². The second-order valence-electron chi connectivity index (χ2n) is 4.40. The van der Waals surface area contributed by atoms with Gasteiger partial charge in [0.2, 0.25) is 5.91 Å². The van der Waals surface area contributed by atoms with Crippen molar-refractivity contribution >= 4 is 17.4 Å². The predicted molar refractivity (Wildman–Crippen MR) is 67.9 cm³/mol. The number of pyridine rings is 1. The Hall–Kier alpha value is -1.78. The lowest BCUT2D eigenvalue weighted by atomic mass is 10.2. The van der Waals surface area contributed by atoms with Crippen molar-refractivity contribution in [2.24, 2.45) is 0 Å². The number of amides is 1. The third-order valence-corrected chi connectivity index (χ3v) is 3.10. The van der Waals surface area contributed by atoms with Gasteiger partial charge in [0, 0.05) is 33.1 Å². The van der Waals surface area contributed by atoms with E-state index in [1.54, 1.807) is 13.1 Å². The molecule has 0 atom stereocenters. The highest BCUT2D eigenvalue weighted by Gasteiger charge is 2.20. The number of rotatable bonds is 1. The highest BCUT2D eigenvalue weighted by molar-refractivity contribution is 5.73. The zero-order valence-corrected chi connectivity index (χ0v) is 10.3. The lowest BCUT2D eigenvalue weighted by Gasteiger charge is -2.35. The van der Waals surface area contributed by atoms with Gasteiger partial charge in [-0.1, -0.05) is 0 Å². The molecule has 0 unspecified atom stereocenters. The Kier molecular flexibility index (Phi) is 3.17. The molecule has 92 valence electrons. The molecule has 1 aromatic rings. The minimum Gasteiger partial charge on any atom is -0.397 e. The number of nitrogens with zero attached hydrogens (tertiary/aromatic N) is 3. The van der Waals surface area contributed by atoms with Gasteiger partial charge in [-0.25, -0.2) is 4.98 Å². The minimum absolute atomic E-state index is 0.145. The van der Waals surface area contributed by atoms with E-state index in [1.807, 2.05) is 17.9 Å². The van der Waals surface area contributed by atoms with Crippen molar-refractivity contribution in [3.05, 3.63) is 17.8 Å². The monoisotopic (exact) mass is 234 g/mol. The molecule has 5 heteroatoms. The first-order chi connectivity index (χ1) is 8.08. The van der Waals surface area contributed by atoms with Crippen molar-refractivity contribution in [1.29, 1.82) is 0 Å². The van der Waals surface area contributed by atoms with E-state index in [2.05, 4.69) is 9.88 Å². The SMILES string of the molecule is CC(=O)N1CCN(c2ncc(N)cc2C)CC1. The summed E-state index contributed by atoms with van der Waals surface area (Å²) in [4.78, 5) is 19.7. The average molecular weight is 234 g/mol. The maximum Gasteiger partial charge on any atom is 0.219 e. The minimum atomic E-state index is 0.145. The second-order valence-corrected chi connectivity index (χ2v) is 4.40. The number of aryl methyl sites for hydroxylation is 1. The molecule has 17 heavy (non-hydrogen) atoms. The largest absolute Gasteiger partial charge is 0.397 e. The highest BCUT2D eigenvalue weighted by Crippen LogP contribution is 2.20. The van der Waals surface area contributed by atoms with E-state index in [1.165, 1.54) is 0 Å². The zero-order valence-electron chi connectivity index (χ0n) is 10.3. The van der Waals surface area contributed by atoms with Crippen LogP contribution in [-0.4, -0.2) is 42.0 Å².